The fourth-order valence-electron chi connectivity index (χ4n) is 15.8. The maximum Gasteiger partial charge on any atom is 0.256 e. The van der Waals surface area contributed by atoms with E-state index in [0.29, 0.717) is 0 Å². The van der Waals surface area contributed by atoms with Crippen molar-refractivity contribution in [1.82, 2.24) is 0 Å². The minimum Gasteiger partial charge on any atom is -0.458 e. The van der Waals surface area contributed by atoms with Gasteiger partial charge in [0, 0.05) is 83.6 Å². The standard InChI is InChI=1S/C90H60B2N4OS/c1-8-31-61(32-9-1)70-45-22-26-51-78(70)93(65-39-16-5-17-40-65)68-55-82-88-85(57-68)97-84-54-29-25-50-75(84)92(88)76-59-77-86(60-81(76)96(82)90-72(63-35-12-3-13-36-63)47-30-48-73(90)64-37-14-4-15-38-64)98-87-58-69(56-83-89(87)91(77)74-49-24-28-53-80(74)95(83)67-43-20-7-21-44-67)94(66-41-18-6-19-42-66)79-52-27-23-46-71(79)62-33-10-2-11-34-62/h1-60H. The lowest BCUT2D eigenvalue weighted by atomic mass is 9.31. The van der Waals surface area contributed by atoms with E-state index < -0.39 is 0 Å². The zero-order valence-corrected chi connectivity index (χ0v) is 54.2. The van der Waals surface area contributed by atoms with Crippen LogP contribution in [0.1, 0.15) is 0 Å². The number of hydrogen-bond acceptors (Lipinski definition) is 6. The summed E-state index contributed by atoms with van der Waals surface area (Å²) in [4.78, 5) is 12.5. The zero-order chi connectivity index (χ0) is 64.6. The number of ether oxygens (including phenoxy) is 1. The van der Waals surface area contributed by atoms with Crippen LogP contribution in [0.25, 0.3) is 44.5 Å². The number of hydrogen-bond donors (Lipinski definition) is 0. The third kappa shape index (κ3) is 9.50. The van der Waals surface area contributed by atoms with Crippen LogP contribution < -0.4 is 57.1 Å². The summed E-state index contributed by atoms with van der Waals surface area (Å²) >= 11 is 1.90. The molecule has 0 spiro atoms. The predicted molar refractivity (Wildman–Crippen MR) is 413 cm³/mol. The summed E-state index contributed by atoms with van der Waals surface area (Å²) in [5.74, 6) is 1.67. The first kappa shape index (κ1) is 57.2. The first-order valence-corrected chi connectivity index (χ1v) is 34.4. The summed E-state index contributed by atoms with van der Waals surface area (Å²) < 4.78 is 7.52. The Morgan fingerprint density at radius 2 is 0.704 bits per heavy atom. The first-order valence-electron chi connectivity index (χ1n) is 33.6. The van der Waals surface area contributed by atoms with Crippen LogP contribution in [-0.2, 0) is 0 Å². The SMILES string of the molecule is c1ccc(-c2ccccc2N(c2ccccc2)c2cc3c4c(c2)N(c2c(-c5ccccc5)cccc2-c2ccccc2)c2cc5c(cc2B4c2ccccc2O3)B2c3ccccc3N(c3ccccc3)c3cc(N(c4ccccc4)c4ccccc4-c4ccccc4)cc(c32)S5)cc1. The van der Waals surface area contributed by atoms with Gasteiger partial charge in [0.1, 0.15) is 11.5 Å². The molecule has 0 unspecified atom stereocenters. The van der Waals surface area contributed by atoms with Crippen molar-refractivity contribution in [2.24, 2.45) is 0 Å². The van der Waals surface area contributed by atoms with Gasteiger partial charge in [-0.15, -0.1) is 0 Å². The quantitative estimate of drug-likeness (QED) is 0.113. The lowest BCUT2D eigenvalue weighted by Gasteiger charge is -2.44. The number of nitrogens with zero attached hydrogens (tertiary/aromatic N) is 4. The average molecular weight is 1270 g/mol. The number of anilines is 12. The van der Waals surface area contributed by atoms with Gasteiger partial charge in [0.2, 0.25) is 6.71 Å². The molecule has 0 saturated carbocycles. The Labute approximate surface area is 576 Å². The molecule has 0 amide bonds. The molecule has 15 aromatic rings. The lowest BCUT2D eigenvalue weighted by molar-refractivity contribution is 0.487. The molecule has 4 heterocycles. The number of para-hydroxylation sites is 8. The summed E-state index contributed by atoms with van der Waals surface area (Å²) in [7, 11) is 0. The van der Waals surface area contributed by atoms with Gasteiger partial charge >= 0.3 is 0 Å². The van der Waals surface area contributed by atoms with E-state index in [0.717, 1.165) is 135 Å². The molecule has 0 fully saturated rings. The van der Waals surface area contributed by atoms with Crippen molar-refractivity contribution in [2.75, 3.05) is 19.6 Å². The lowest BCUT2D eigenvalue weighted by Crippen LogP contribution is -2.63. The summed E-state index contributed by atoms with van der Waals surface area (Å²) in [6.45, 7) is -0.362. The van der Waals surface area contributed by atoms with Crippen molar-refractivity contribution in [3.63, 3.8) is 0 Å². The summed E-state index contributed by atoms with van der Waals surface area (Å²) in [6, 6.07) is 134. The molecule has 458 valence electrons. The smallest absolute Gasteiger partial charge is 0.256 e. The van der Waals surface area contributed by atoms with Gasteiger partial charge < -0.3 is 24.3 Å². The van der Waals surface area contributed by atoms with Gasteiger partial charge in [-0.2, -0.15) is 0 Å². The highest BCUT2D eigenvalue weighted by molar-refractivity contribution is 8.00. The highest BCUT2D eigenvalue weighted by Gasteiger charge is 2.48. The van der Waals surface area contributed by atoms with Gasteiger partial charge in [0.25, 0.3) is 6.71 Å². The fourth-order valence-corrected chi connectivity index (χ4v) is 17.0. The van der Waals surface area contributed by atoms with Crippen LogP contribution in [0.5, 0.6) is 11.5 Å². The van der Waals surface area contributed by atoms with Crippen LogP contribution in [-0.4, -0.2) is 13.4 Å². The van der Waals surface area contributed by atoms with Crippen LogP contribution in [0.4, 0.5) is 68.2 Å². The Morgan fingerprint density at radius 3 is 1.28 bits per heavy atom. The summed E-state index contributed by atoms with van der Waals surface area (Å²) in [6.07, 6.45) is 0. The molecule has 19 rings (SSSR count). The topological polar surface area (TPSA) is 22.2 Å². The number of rotatable bonds is 12. The zero-order valence-electron chi connectivity index (χ0n) is 53.4. The van der Waals surface area contributed by atoms with Crippen molar-refractivity contribution in [3.8, 4) is 56.0 Å². The molecule has 4 aliphatic rings. The molecule has 4 aliphatic heterocycles. The van der Waals surface area contributed by atoms with Gasteiger partial charge in [-0.05, 0) is 134 Å². The average Bonchev–Trinajstić information content (AvgIpc) is 0.693. The van der Waals surface area contributed by atoms with E-state index in [1.807, 2.05) is 11.8 Å². The Kier molecular flexibility index (Phi) is 14.0. The second-order valence-electron chi connectivity index (χ2n) is 25.4. The van der Waals surface area contributed by atoms with Gasteiger partial charge in [-0.1, -0.05) is 290 Å². The molecule has 0 aromatic heterocycles. The molecule has 0 aliphatic carbocycles. The second-order valence-corrected chi connectivity index (χ2v) is 26.5. The third-order valence-corrected chi connectivity index (χ3v) is 21.0. The maximum absolute atomic E-state index is 7.52. The first-order chi connectivity index (χ1) is 48.7. The number of fused-ring (bicyclic) bond motifs is 8. The van der Waals surface area contributed by atoms with Crippen molar-refractivity contribution >= 4 is 126 Å². The Hall–Kier alpha value is -12.2. The molecule has 15 aromatic carbocycles. The van der Waals surface area contributed by atoms with Gasteiger partial charge in [0.15, 0.2) is 0 Å². The molecular weight excluding hydrogens is 1210 g/mol. The van der Waals surface area contributed by atoms with E-state index >= 15 is 0 Å². The second kappa shape index (κ2) is 23.9. The van der Waals surface area contributed by atoms with Crippen molar-refractivity contribution < 1.29 is 4.74 Å². The molecule has 0 N–H and O–H groups in total. The van der Waals surface area contributed by atoms with E-state index in [9.17, 15) is 0 Å². The molecule has 5 nitrogen and oxygen atoms in total. The summed E-state index contributed by atoms with van der Waals surface area (Å²) in [5.41, 5.74) is 29.3. The fraction of sp³-hybridized carbons (Fsp3) is 0. The van der Waals surface area contributed by atoms with Gasteiger partial charge in [-0.25, -0.2) is 0 Å². The van der Waals surface area contributed by atoms with E-state index in [-0.39, 0.29) is 13.4 Å². The minimum atomic E-state index is -0.224. The summed E-state index contributed by atoms with van der Waals surface area (Å²) in [5, 5.41) is 0. The molecule has 0 atom stereocenters. The van der Waals surface area contributed by atoms with Crippen LogP contribution in [0.15, 0.2) is 374 Å². The Morgan fingerprint density at radius 1 is 0.265 bits per heavy atom. The monoisotopic (exact) mass is 1270 g/mol. The molecule has 8 heteroatoms. The van der Waals surface area contributed by atoms with Crippen LogP contribution in [0.3, 0.4) is 0 Å². The Balaban J connectivity index is 0.911. The highest BCUT2D eigenvalue weighted by Crippen LogP contribution is 2.54. The van der Waals surface area contributed by atoms with Crippen molar-refractivity contribution in [2.45, 2.75) is 9.79 Å². The Bertz CT molecular complexity index is 5500. The van der Waals surface area contributed by atoms with E-state index in [1.165, 1.54) is 31.6 Å². The minimum absolute atomic E-state index is 0.138. The van der Waals surface area contributed by atoms with Crippen molar-refractivity contribution in [3.05, 3.63) is 364 Å². The highest BCUT2D eigenvalue weighted by atomic mass is 32.2. The predicted octanol–water partition coefficient (Wildman–Crippen LogP) is 20.5. The molecule has 0 bridgehead atoms. The van der Waals surface area contributed by atoms with E-state index in [2.05, 4.69) is 384 Å². The molecular formula is C90H60B2N4OS. The molecule has 0 radical (unpaired) electrons. The van der Waals surface area contributed by atoms with Crippen LogP contribution in [0.2, 0.25) is 0 Å². The van der Waals surface area contributed by atoms with Gasteiger partial charge in [0.05, 0.1) is 22.7 Å². The largest absolute Gasteiger partial charge is 0.458 e. The molecule has 0 saturated heterocycles. The van der Waals surface area contributed by atoms with Crippen molar-refractivity contribution in [1.29, 1.82) is 0 Å². The van der Waals surface area contributed by atoms with E-state index in [4.69, 9.17) is 4.74 Å². The normalized spacial score (nSPS) is 12.7. The number of benzene rings is 15. The van der Waals surface area contributed by atoms with Gasteiger partial charge in [-0.3, -0.25) is 0 Å². The molecule has 98 heavy (non-hydrogen) atoms. The third-order valence-electron chi connectivity index (χ3n) is 19.9. The van der Waals surface area contributed by atoms with Crippen LogP contribution >= 0.6 is 11.8 Å². The van der Waals surface area contributed by atoms with Crippen LogP contribution in [0, 0.1) is 0 Å². The maximum atomic E-state index is 7.52. The van der Waals surface area contributed by atoms with E-state index in [1.54, 1.807) is 0 Å².